The van der Waals surface area contributed by atoms with Gasteiger partial charge in [-0.3, -0.25) is 0 Å². The third kappa shape index (κ3) is 4.71. The van der Waals surface area contributed by atoms with Crippen molar-refractivity contribution in [2.75, 3.05) is 11.9 Å². The minimum atomic E-state index is -1.62. The zero-order valence-electron chi connectivity index (χ0n) is 8.68. The fourth-order valence-corrected chi connectivity index (χ4v) is 1.11. The maximum Gasteiger partial charge on any atom is 0.334 e. The quantitative estimate of drug-likeness (QED) is 0.645. The molecular formula is C10H11ClN2O4. The van der Waals surface area contributed by atoms with Crippen LogP contribution in [0.1, 0.15) is 0 Å². The third-order valence-electron chi connectivity index (χ3n) is 1.84. The van der Waals surface area contributed by atoms with Gasteiger partial charge in [0, 0.05) is 10.7 Å². The van der Waals surface area contributed by atoms with Crippen molar-refractivity contribution in [2.24, 2.45) is 0 Å². The second kappa shape index (κ2) is 6.07. The van der Waals surface area contributed by atoms with Crippen LogP contribution in [0.25, 0.3) is 0 Å². The van der Waals surface area contributed by atoms with Crippen LogP contribution in [0, 0.1) is 0 Å². The van der Waals surface area contributed by atoms with Crippen molar-refractivity contribution in [1.29, 1.82) is 0 Å². The van der Waals surface area contributed by atoms with Gasteiger partial charge in [0.15, 0.2) is 6.10 Å². The maximum atomic E-state index is 11.3. The lowest BCUT2D eigenvalue weighted by molar-refractivity contribution is -0.146. The Bertz CT molecular complexity index is 407. The van der Waals surface area contributed by atoms with Crippen molar-refractivity contribution in [2.45, 2.75) is 6.10 Å². The summed E-state index contributed by atoms with van der Waals surface area (Å²) in [5, 5.41) is 22.5. The van der Waals surface area contributed by atoms with E-state index in [2.05, 4.69) is 10.6 Å². The molecule has 92 valence electrons. The molecule has 0 saturated heterocycles. The van der Waals surface area contributed by atoms with Crippen LogP contribution in [0.4, 0.5) is 10.5 Å². The Morgan fingerprint density at radius 3 is 2.41 bits per heavy atom. The van der Waals surface area contributed by atoms with Gasteiger partial charge >= 0.3 is 12.0 Å². The smallest absolute Gasteiger partial charge is 0.334 e. The van der Waals surface area contributed by atoms with Gasteiger partial charge < -0.3 is 20.8 Å². The number of benzene rings is 1. The average Bonchev–Trinajstić information content (AvgIpc) is 2.29. The van der Waals surface area contributed by atoms with Gasteiger partial charge in [-0.1, -0.05) is 11.6 Å². The minimum absolute atomic E-state index is 0.366. The number of carboxylic acid groups (broad SMARTS) is 1. The molecule has 6 nitrogen and oxygen atoms in total. The first-order chi connectivity index (χ1) is 7.99. The number of nitrogens with one attached hydrogen (secondary N) is 2. The molecule has 0 aliphatic heterocycles. The predicted octanol–water partition coefficient (Wildman–Crippen LogP) is 0.907. The highest BCUT2D eigenvalue weighted by atomic mass is 35.5. The van der Waals surface area contributed by atoms with Crippen LogP contribution >= 0.6 is 11.6 Å². The fourth-order valence-electron chi connectivity index (χ4n) is 0.985. The van der Waals surface area contributed by atoms with Crippen molar-refractivity contribution >= 4 is 29.3 Å². The van der Waals surface area contributed by atoms with Gasteiger partial charge in [0.25, 0.3) is 0 Å². The van der Waals surface area contributed by atoms with E-state index in [0.29, 0.717) is 10.7 Å². The molecule has 2 amide bonds. The Hall–Kier alpha value is -1.79. The summed E-state index contributed by atoms with van der Waals surface area (Å²) in [7, 11) is 0. The van der Waals surface area contributed by atoms with Crippen LogP contribution in [0.15, 0.2) is 24.3 Å². The highest BCUT2D eigenvalue weighted by Crippen LogP contribution is 2.12. The number of aliphatic hydroxyl groups excluding tert-OH is 1. The highest BCUT2D eigenvalue weighted by Gasteiger charge is 2.13. The molecule has 0 heterocycles. The molecule has 0 aliphatic rings. The van der Waals surface area contributed by atoms with E-state index in [9.17, 15) is 9.59 Å². The molecule has 0 spiro atoms. The highest BCUT2D eigenvalue weighted by molar-refractivity contribution is 6.30. The van der Waals surface area contributed by atoms with Crippen molar-refractivity contribution < 1.29 is 19.8 Å². The molecule has 1 rings (SSSR count). The van der Waals surface area contributed by atoms with Gasteiger partial charge in [-0.05, 0) is 24.3 Å². The van der Waals surface area contributed by atoms with Crippen LogP contribution < -0.4 is 10.6 Å². The summed E-state index contributed by atoms with van der Waals surface area (Å²) >= 11 is 5.66. The number of halogens is 1. The summed E-state index contributed by atoms with van der Waals surface area (Å²) in [4.78, 5) is 21.5. The number of carboxylic acids is 1. The van der Waals surface area contributed by atoms with Crippen LogP contribution in [0.2, 0.25) is 5.02 Å². The lowest BCUT2D eigenvalue weighted by Gasteiger charge is -2.09. The van der Waals surface area contributed by atoms with Crippen molar-refractivity contribution in [3.63, 3.8) is 0 Å². The Balaban J connectivity index is 2.39. The molecule has 7 heteroatoms. The Morgan fingerprint density at radius 2 is 1.88 bits per heavy atom. The van der Waals surface area contributed by atoms with Gasteiger partial charge in [-0.2, -0.15) is 0 Å². The number of anilines is 1. The van der Waals surface area contributed by atoms with Crippen molar-refractivity contribution in [3.05, 3.63) is 29.3 Å². The largest absolute Gasteiger partial charge is 0.479 e. The summed E-state index contributed by atoms with van der Waals surface area (Å²) < 4.78 is 0. The topological polar surface area (TPSA) is 98.7 Å². The normalized spacial score (nSPS) is 11.6. The number of aliphatic carboxylic acids is 1. The molecule has 17 heavy (non-hydrogen) atoms. The molecule has 1 aromatic carbocycles. The third-order valence-corrected chi connectivity index (χ3v) is 2.10. The molecule has 4 N–H and O–H groups in total. The fraction of sp³-hybridized carbons (Fsp3) is 0.200. The maximum absolute atomic E-state index is 11.3. The van der Waals surface area contributed by atoms with E-state index in [0.717, 1.165) is 0 Å². The van der Waals surface area contributed by atoms with E-state index >= 15 is 0 Å². The molecule has 0 saturated carbocycles. The number of urea groups is 1. The van der Waals surface area contributed by atoms with E-state index in [-0.39, 0.29) is 6.54 Å². The van der Waals surface area contributed by atoms with Gasteiger partial charge in [-0.25, -0.2) is 9.59 Å². The van der Waals surface area contributed by atoms with Gasteiger partial charge in [0.1, 0.15) is 0 Å². The monoisotopic (exact) mass is 258 g/mol. The number of aliphatic hydroxyl groups is 1. The lowest BCUT2D eigenvalue weighted by Crippen LogP contribution is -2.38. The number of carbonyl (C=O) groups is 2. The molecule has 0 fully saturated rings. The molecular weight excluding hydrogens is 248 g/mol. The van der Waals surface area contributed by atoms with Crippen molar-refractivity contribution in [3.8, 4) is 0 Å². The van der Waals surface area contributed by atoms with E-state index in [1.165, 1.54) is 0 Å². The number of rotatable bonds is 4. The molecule has 0 aromatic heterocycles. The van der Waals surface area contributed by atoms with E-state index in [1.54, 1.807) is 24.3 Å². The number of carbonyl (C=O) groups excluding carboxylic acids is 1. The summed E-state index contributed by atoms with van der Waals surface area (Å²) in [5.41, 5.74) is 0.511. The number of hydrogen-bond donors (Lipinski definition) is 4. The average molecular weight is 259 g/mol. The summed E-state index contributed by atoms with van der Waals surface area (Å²) in [5.74, 6) is -1.39. The number of amides is 2. The zero-order valence-corrected chi connectivity index (χ0v) is 9.44. The first-order valence-corrected chi connectivity index (χ1v) is 5.08. The standard InChI is InChI=1S/C10H11ClN2O4/c11-6-1-3-7(4-2-6)13-10(17)12-5-8(14)9(15)16/h1-4,8,14H,5H2,(H,15,16)(H2,12,13,17)/t8-/m0/s1. The summed E-state index contributed by atoms with van der Waals surface area (Å²) in [6, 6.07) is 5.78. The summed E-state index contributed by atoms with van der Waals surface area (Å²) in [6.07, 6.45) is -1.62. The Labute approximate surface area is 102 Å². The molecule has 1 aromatic rings. The second-order valence-electron chi connectivity index (χ2n) is 3.20. The molecule has 1 atom stereocenters. The van der Waals surface area contributed by atoms with Crippen LogP contribution in [0.3, 0.4) is 0 Å². The van der Waals surface area contributed by atoms with Crippen LogP contribution in [-0.2, 0) is 4.79 Å². The van der Waals surface area contributed by atoms with E-state index in [1.807, 2.05) is 0 Å². The van der Waals surface area contributed by atoms with Gasteiger partial charge in [0.2, 0.25) is 0 Å². The van der Waals surface area contributed by atoms with Gasteiger partial charge in [-0.15, -0.1) is 0 Å². The molecule has 0 bridgehead atoms. The zero-order chi connectivity index (χ0) is 12.8. The van der Waals surface area contributed by atoms with Gasteiger partial charge in [0.05, 0.1) is 6.54 Å². The lowest BCUT2D eigenvalue weighted by atomic mass is 10.3. The SMILES string of the molecule is O=C(NC[C@H](O)C(=O)O)Nc1ccc(Cl)cc1. The van der Waals surface area contributed by atoms with Crippen LogP contribution in [-0.4, -0.2) is 34.9 Å². The van der Waals surface area contributed by atoms with E-state index < -0.39 is 18.1 Å². The molecule has 0 unspecified atom stereocenters. The Morgan fingerprint density at radius 1 is 1.29 bits per heavy atom. The van der Waals surface area contributed by atoms with Crippen molar-refractivity contribution in [1.82, 2.24) is 5.32 Å². The molecule has 0 radical (unpaired) electrons. The number of hydrogen-bond acceptors (Lipinski definition) is 3. The summed E-state index contributed by atoms with van der Waals surface area (Å²) in [6.45, 7) is -0.366. The Kier molecular flexibility index (Phi) is 4.74. The minimum Gasteiger partial charge on any atom is -0.479 e. The first kappa shape index (κ1) is 13.3. The van der Waals surface area contributed by atoms with E-state index in [4.69, 9.17) is 21.8 Å². The molecule has 0 aliphatic carbocycles. The predicted molar refractivity (Wildman–Crippen MR) is 62.1 cm³/mol. The van der Waals surface area contributed by atoms with Crippen LogP contribution in [0.5, 0.6) is 0 Å². The second-order valence-corrected chi connectivity index (χ2v) is 3.63. The first-order valence-electron chi connectivity index (χ1n) is 4.70.